The van der Waals surface area contributed by atoms with Crippen molar-refractivity contribution in [1.29, 1.82) is 0 Å². The van der Waals surface area contributed by atoms with Crippen LogP contribution in [0.1, 0.15) is 24.0 Å². The lowest BCUT2D eigenvalue weighted by molar-refractivity contribution is -0.121. The first-order valence-corrected chi connectivity index (χ1v) is 9.31. The molecule has 0 spiro atoms. The van der Waals surface area contributed by atoms with Crippen LogP contribution in [-0.4, -0.2) is 23.9 Å². The van der Waals surface area contributed by atoms with Gasteiger partial charge in [-0.1, -0.05) is 41.4 Å². The van der Waals surface area contributed by atoms with Gasteiger partial charge in [0.2, 0.25) is 5.91 Å². The molecule has 2 aromatic rings. The zero-order chi connectivity index (χ0) is 17.8. The number of carbonyl (C=O) groups is 1. The summed E-state index contributed by atoms with van der Waals surface area (Å²) in [5.74, 6) is 0.166. The molecule has 1 saturated heterocycles. The van der Waals surface area contributed by atoms with Crippen molar-refractivity contribution < 1.29 is 4.79 Å². The monoisotopic (exact) mass is 376 g/mol. The van der Waals surface area contributed by atoms with Crippen LogP contribution in [0.3, 0.4) is 0 Å². The van der Waals surface area contributed by atoms with Gasteiger partial charge in [-0.2, -0.15) is 0 Å². The predicted octanol–water partition coefficient (Wildman–Crippen LogP) is 5.15. The van der Waals surface area contributed by atoms with E-state index in [9.17, 15) is 4.79 Å². The van der Waals surface area contributed by atoms with E-state index in [1.54, 1.807) is 0 Å². The van der Waals surface area contributed by atoms with Crippen molar-refractivity contribution in [1.82, 2.24) is 4.90 Å². The van der Waals surface area contributed by atoms with Gasteiger partial charge in [-0.15, -0.1) is 0 Å². The molecular formula is C20H22Cl2N2O. The van der Waals surface area contributed by atoms with Crippen LogP contribution in [0.15, 0.2) is 42.5 Å². The van der Waals surface area contributed by atoms with Gasteiger partial charge >= 0.3 is 0 Å². The number of hydrogen-bond acceptors (Lipinski definition) is 2. The van der Waals surface area contributed by atoms with E-state index >= 15 is 0 Å². The summed E-state index contributed by atoms with van der Waals surface area (Å²) in [6.45, 7) is 4.49. The third-order valence-corrected chi connectivity index (χ3v) is 5.40. The number of piperidine rings is 1. The summed E-state index contributed by atoms with van der Waals surface area (Å²) in [4.78, 5) is 14.8. The zero-order valence-electron chi connectivity index (χ0n) is 14.3. The van der Waals surface area contributed by atoms with Gasteiger partial charge in [0.15, 0.2) is 0 Å². The second-order valence-electron chi connectivity index (χ2n) is 6.61. The Morgan fingerprint density at radius 3 is 2.40 bits per heavy atom. The van der Waals surface area contributed by atoms with Gasteiger partial charge < -0.3 is 5.32 Å². The summed E-state index contributed by atoms with van der Waals surface area (Å²) in [6, 6.07) is 13.5. The van der Waals surface area contributed by atoms with Crippen LogP contribution in [0.2, 0.25) is 10.0 Å². The first kappa shape index (κ1) is 18.2. The molecule has 0 aromatic heterocycles. The standard InChI is InChI=1S/C20H22Cl2N2O/c1-14-4-2-5-16(12-14)23-20(25)15-8-10-24(11-9-15)13-17-18(21)6-3-7-19(17)22/h2-7,12,15H,8-11,13H2,1H3,(H,23,25). The molecule has 0 unspecified atom stereocenters. The average molecular weight is 377 g/mol. The molecule has 3 nitrogen and oxygen atoms in total. The maximum Gasteiger partial charge on any atom is 0.227 e. The molecule has 1 heterocycles. The minimum atomic E-state index is 0.0541. The average Bonchev–Trinajstić information content (AvgIpc) is 2.59. The van der Waals surface area contributed by atoms with Crippen molar-refractivity contribution in [3.05, 3.63) is 63.6 Å². The summed E-state index contributed by atoms with van der Waals surface area (Å²) < 4.78 is 0. The molecule has 1 fully saturated rings. The molecule has 1 aliphatic heterocycles. The molecular weight excluding hydrogens is 355 g/mol. The molecule has 1 N–H and O–H groups in total. The summed E-state index contributed by atoms with van der Waals surface area (Å²) in [6.07, 6.45) is 1.69. The number of carbonyl (C=O) groups excluding carboxylic acids is 1. The van der Waals surface area contributed by atoms with Crippen LogP contribution in [0.25, 0.3) is 0 Å². The number of halogens is 2. The number of benzene rings is 2. The third kappa shape index (κ3) is 4.75. The number of likely N-dealkylation sites (tertiary alicyclic amines) is 1. The van der Waals surface area contributed by atoms with Crippen molar-refractivity contribution >= 4 is 34.8 Å². The Labute approximate surface area is 158 Å². The number of hydrogen-bond donors (Lipinski definition) is 1. The molecule has 1 amide bonds. The van der Waals surface area contributed by atoms with Gasteiger partial charge in [-0.3, -0.25) is 9.69 Å². The molecule has 0 aliphatic carbocycles. The fourth-order valence-corrected chi connectivity index (χ4v) is 3.74. The lowest BCUT2D eigenvalue weighted by Crippen LogP contribution is -2.37. The fourth-order valence-electron chi connectivity index (χ4n) is 3.23. The van der Waals surface area contributed by atoms with E-state index in [4.69, 9.17) is 23.2 Å². The molecule has 0 atom stereocenters. The lowest BCUT2D eigenvalue weighted by Gasteiger charge is -2.31. The SMILES string of the molecule is Cc1cccc(NC(=O)C2CCN(Cc3c(Cl)cccc3Cl)CC2)c1. The summed E-state index contributed by atoms with van der Waals surface area (Å²) in [5, 5.41) is 4.44. The molecule has 0 bridgehead atoms. The van der Waals surface area contributed by atoms with Crippen LogP contribution < -0.4 is 5.32 Å². The Morgan fingerprint density at radius 2 is 1.76 bits per heavy atom. The second kappa shape index (κ2) is 8.22. The van der Waals surface area contributed by atoms with E-state index in [-0.39, 0.29) is 11.8 Å². The van der Waals surface area contributed by atoms with Crippen molar-refractivity contribution in [2.75, 3.05) is 18.4 Å². The molecule has 2 aromatic carbocycles. The van der Waals surface area contributed by atoms with E-state index in [0.29, 0.717) is 10.0 Å². The lowest BCUT2D eigenvalue weighted by atomic mass is 9.95. The van der Waals surface area contributed by atoms with Gasteiger partial charge in [-0.05, 0) is 62.7 Å². The first-order chi connectivity index (χ1) is 12.0. The third-order valence-electron chi connectivity index (χ3n) is 4.69. The van der Waals surface area contributed by atoms with Crippen LogP contribution in [-0.2, 0) is 11.3 Å². The first-order valence-electron chi connectivity index (χ1n) is 8.55. The fraction of sp³-hybridized carbons (Fsp3) is 0.350. The van der Waals surface area contributed by atoms with Crippen LogP contribution in [0, 0.1) is 12.8 Å². The van der Waals surface area contributed by atoms with E-state index < -0.39 is 0 Å². The van der Waals surface area contributed by atoms with Gasteiger partial charge in [0, 0.05) is 33.8 Å². The van der Waals surface area contributed by atoms with Gasteiger partial charge in [-0.25, -0.2) is 0 Å². The van der Waals surface area contributed by atoms with Gasteiger partial charge in [0.05, 0.1) is 0 Å². The predicted molar refractivity (Wildman–Crippen MR) is 104 cm³/mol. The maximum absolute atomic E-state index is 12.5. The van der Waals surface area contributed by atoms with E-state index in [1.807, 2.05) is 49.4 Å². The Hall–Kier alpha value is -1.55. The largest absolute Gasteiger partial charge is 0.326 e. The van der Waals surface area contributed by atoms with E-state index in [1.165, 1.54) is 0 Å². The Balaban J connectivity index is 1.54. The minimum Gasteiger partial charge on any atom is -0.326 e. The number of amides is 1. The summed E-state index contributed by atoms with van der Waals surface area (Å²) in [5.41, 5.74) is 2.98. The topological polar surface area (TPSA) is 32.3 Å². The maximum atomic E-state index is 12.5. The highest BCUT2D eigenvalue weighted by Crippen LogP contribution is 2.28. The van der Waals surface area contributed by atoms with Crippen molar-refractivity contribution in [3.8, 4) is 0 Å². The van der Waals surface area contributed by atoms with Crippen LogP contribution >= 0.6 is 23.2 Å². The van der Waals surface area contributed by atoms with Crippen LogP contribution in [0.4, 0.5) is 5.69 Å². The van der Waals surface area contributed by atoms with E-state index in [2.05, 4.69) is 10.2 Å². The summed E-state index contributed by atoms with van der Waals surface area (Å²) in [7, 11) is 0. The Kier molecular flexibility index (Phi) is 6.00. The highest BCUT2D eigenvalue weighted by atomic mass is 35.5. The number of aryl methyl sites for hydroxylation is 1. The van der Waals surface area contributed by atoms with Gasteiger partial charge in [0.1, 0.15) is 0 Å². The Bertz CT molecular complexity index is 735. The molecule has 3 rings (SSSR count). The number of anilines is 1. The normalized spacial score (nSPS) is 16.0. The molecule has 1 aliphatic rings. The van der Waals surface area contributed by atoms with Gasteiger partial charge in [0.25, 0.3) is 0 Å². The van der Waals surface area contributed by atoms with E-state index in [0.717, 1.165) is 49.3 Å². The minimum absolute atomic E-state index is 0.0541. The van der Waals surface area contributed by atoms with Crippen LogP contribution in [0.5, 0.6) is 0 Å². The zero-order valence-corrected chi connectivity index (χ0v) is 15.8. The second-order valence-corrected chi connectivity index (χ2v) is 7.42. The quantitative estimate of drug-likeness (QED) is 0.799. The molecule has 5 heteroatoms. The van der Waals surface area contributed by atoms with Crippen molar-refractivity contribution in [3.63, 3.8) is 0 Å². The number of nitrogens with zero attached hydrogens (tertiary/aromatic N) is 1. The highest BCUT2D eigenvalue weighted by Gasteiger charge is 2.25. The number of nitrogens with one attached hydrogen (secondary N) is 1. The smallest absolute Gasteiger partial charge is 0.227 e. The highest BCUT2D eigenvalue weighted by molar-refractivity contribution is 6.35. The molecule has 0 saturated carbocycles. The van der Waals surface area contributed by atoms with Crippen molar-refractivity contribution in [2.24, 2.45) is 5.92 Å². The number of rotatable bonds is 4. The summed E-state index contributed by atoms with van der Waals surface area (Å²) >= 11 is 12.5. The Morgan fingerprint density at radius 1 is 1.12 bits per heavy atom. The van der Waals surface area contributed by atoms with Crippen molar-refractivity contribution in [2.45, 2.75) is 26.3 Å². The molecule has 0 radical (unpaired) electrons. The molecule has 25 heavy (non-hydrogen) atoms. The molecule has 132 valence electrons.